The minimum atomic E-state index is -0.474. The minimum absolute atomic E-state index is 0.334. The van der Waals surface area contributed by atoms with Crippen molar-refractivity contribution in [1.29, 1.82) is 0 Å². The van der Waals surface area contributed by atoms with E-state index in [1.165, 1.54) is 4.68 Å². The summed E-state index contributed by atoms with van der Waals surface area (Å²) < 4.78 is 6.00. The smallest absolute Gasteiger partial charge is 0.434 e. The summed E-state index contributed by atoms with van der Waals surface area (Å²) in [5, 5.41) is 4.10. The van der Waals surface area contributed by atoms with Crippen LogP contribution in [0.1, 0.15) is 6.92 Å². The number of rotatable bonds is 2. The molecule has 5 nitrogen and oxygen atoms in total. The Morgan fingerprint density at radius 1 is 1.50 bits per heavy atom. The molecule has 5 heteroatoms. The second-order valence-corrected chi connectivity index (χ2v) is 3.09. The average molecular weight is 217 g/mol. The van der Waals surface area contributed by atoms with Gasteiger partial charge in [0.2, 0.25) is 0 Å². The summed E-state index contributed by atoms with van der Waals surface area (Å²) in [6.45, 7) is 2.09. The van der Waals surface area contributed by atoms with Crippen LogP contribution in [-0.4, -0.2) is 27.5 Å². The molecule has 0 fully saturated rings. The number of hydrogen-bond donors (Lipinski definition) is 0. The van der Waals surface area contributed by atoms with Crippen molar-refractivity contribution in [1.82, 2.24) is 14.8 Å². The van der Waals surface area contributed by atoms with E-state index < -0.39 is 6.09 Å². The van der Waals surface area contributed by atoms with Crippen LogP contribution in [0.25, 0.3) is 11.3 Å². The van der Waals surface area contributed by atoms with Crippen molar-refractivity contribution in [3.63, 3.8) is 0 Å². The Labute approximate surface area is 92.7 Å². The molecule has 0 radical (unpaired) electrons. The predicted octanol–water partition coefficient (Wildman–Crippen LogP) is 1.95. The van der Waals surface area contributed by atoms with E-state index in [-0.39, 0.29) is 0 Å². The molecular formula is C11H11N3O2. The topological polar surface area (TPSA) is 57.0 Å². The van der Waals surface area contributed by atoms with E-state index >= 15 is 0 Å². The van der Waals surface area contributed by atoms with E-state index in [0.717, 1.165) is 5.56 Å². The molecule has 0 saturated heterocycles. The molecule has 2 rings (SSSR count). The molecule has 2 heterocycles. The SMILES string of the molecule is CCOC(=O)n1ccc(-c2cccnc2)n1. The Bertz CT molecular complexity index is 479. The lowest BCUT2D eigenvalue weighted by Gasteiger charge is -1.99. The van der Waals surface area contributed by atoms with E-state index in [1.807, 2.05) is 12.1 Å². The first-order valence-corrected chi connectivity index (χ1v) is 4.94. The van der Waals surface area contributed by atoms with E-state index in [1.54, 1.807) is 31.6 Å². The maximum atomic E-state index is 11.4. The molecule has 0 aromatic carbocycles. The molecule has 0 saturated carbocycles. The minimum Gasteiger partial charge on any atom is -0.448 e. The number of carbonyl (C=O) groups excluding carboxylic acids is 1. The monoisotopic (exact) mass is 217 g/mol. The predicted molar refractivity (Wildman–Crippen MR) is 57.9 cm³/mol. The molecule has 2 aromatic rings. The van der Waals surface area contributed by atoms with Gasteiger partial charge < -0.3 is 4.74 Å². The second kappa shape index (κ2) is 4.57. The van der Waals surface area contributed by atoms with Crippen LogP contribution in [0, 0.1) is 0 Å². The lowest BCUT2D eigenvalue weighted by atomic mass is 10.2. The largest absolute Gasteiger partial charge is 0.448 e. The molecule has 0 bridgehead atoms. The Balaban J connectivity index is 2.23. The molecule has 82 valence electrons. The Kier molecular flexibility index (Phi) is 2.95. The summed E-state index contributed by atoms with van der Waals surface area (Å²) in [5.41, 5.74) is 1.56. The van der Waals surface area contributed by atoms with Crippen LogP contribution in [0.15, 0.2) is 36.8 Å². The molecule has 0 aliphatic heterocycles. The van der Waals surface area contributed by atoms with Gasteiger partial charge in [-0.1, -0.05) is 0 Å². The molecule has 0 atom stereocenters. The third-order valence-electron chi connectivity index (χ3n) is 2.00. The quantitative estimate of drug-likeness (QED) is 0.771. The highest BCUT2D eigenvalue weighted by atomic mass is 16.5. The summed E-state index contributed by atoms with van der Waals surface area (Å²) >= 11 is 0. The van der Waals surface area contributed by atoms with Gasteiger partial charge in [0.25, 0.3) is 0 Å². The van der Waals surface area contributed by atoms with Gasteiger partial charge in [-0.05, 0) is 25.1 Å². The zero-order valence-corrected chi connectivity index (χ0v) is 8.83. The van der Waals surface area contributed by atoms with Crippen LogP contribution >= 0.6 is 0 Å². The molecule has 0 unspecified atom stereocenters. The van der Waals surface area contributed by atoms with Crippen molar-refractivity contribution >= 4 is 6.09 Å². The number of nitrogens with zero attached hydrogens (tertiary/aromatic N) is 3. The van der Waals surface area contributed by atoms with Crippen LogP contribution in [0.4, 0.5) is 4.79 Å². The number of hydrogen-bond acceptors (Lipinski definition) is 4. The van der Waals surface area contributed by atoms with Crippen LogP contribution in [0.3, 0.4) is 0 Å². The van der Waals surface area contributed by atoms with Crippen molar-refractivity contribution < 1.29 is 9.53 Å². The number of pyridine rings is 1. The highest BCUT2D eigenvalue weighted by Gasteiger charge is 2.08. The molecular weight excluding hydrogens is 206 g/mol. The van der Waals surface area contributed by atoms with Gasteiger partial charge in [-0.3, -0.25) is 4.98 Å². The van der Waals surface area contributed by atoms with Gasteiger partial charge in [0.05, 0.1) is 12.3 Å². The van der Waals surface area contributed by atoms with Gasteiger partial charge in [0.1, 0.15) is 0 Å². The summed E-state index contributed by atoms with van der Waals surface area (Å²) in [4.78, 5) is 15.3. The van der Waals surface area contributed by atoms with Gasteiger partial charge in [-0.25, -0.2) is 4.79 Å². The molecule has 16 heavy (non-hydrogen) atoms. The zero-order valence-electron chi connectivity index (χ0n) is 8.83. The fraction of sp³-hybridized carbons (Fsp3) is 0.182. The fourth-order valence-electron chi connectivity index (χ4n) is 1.28. The third kappa shape index (κ3) is 2.08. The highest BCUT2D eigenvalue weighted by Crippen LogP contribution is 2.14. The standard InChI is InChI=1S/C11H11N3O2/c1-2-16-11(15)14-7-5-10(13-14)9-4-3-6-12-8-9/h3-8H,2H2,1H3. The lowest BCUT2D eigenvalue weighted by molar-refractivity contribution is 0.150. The Morgan fingerprint density at radius 2 is 2.38 bits per heavy atom. The summed E-state index contributed by atoms with van der Waals surface area (Å²) in [6.07, 6.45) is 4.47. The maximum Gasteiger partial charge on any atom is 0.434 e. The number of carbonyl (C=O) groups is 1. The van der Waals surface area contributed by atoms with Crippen LogP contribution in [0.5, 0.6) is 0 Å². The maximum absolute atomic E-state index is 11.4. The molecule has 0 aliphatic carbocycles. The van der Waals surface area contributed by atoms with Crippen LogP contribution < -0.4 is 0 Å². The molecule has 0 N–H and O–H groups in total. The number of aromatic nitrogens is 3. The van der Waals surface area contributed by atoms with Crippen LogP contribution in [0.2, 0.25) is 0 Å². The fourth-order valence-corrected chi connectivity index (χ4v) is 1.28. The van der Waals surface area contributed by atoms with Crippen LogP contribution in [-0.2, 0) is 4.74 Å². The Hall–Kier alpha value is -2.17. The van der Waals surface area contributed by atoms with Crippen molar-refractivity contribution in [2.45, 2.75) is 6.92 Å². The number of ether oxygens (including phenoxy) is 1. The Morgan fingerprint density at radius 3 is 3.06 bits per heavy atom. The van der Waals surface area contributed by atoms with Gasteiger partial charge in [-0.15, -0.1) is 0 Å². The first-order valence-electron chi connectivity index (χ1n) is 4.94. The van der Waals surface area contributed by atoms with Gasteiger partial charge >= 0.3 is 6.09 Å². The lowest BCUT2D eigenvalue weighted by Crippen LogP contribution is -2.13. The summed E-state index contributed by atoms with van der Waals surface area (Å²) in [7, 11) is 0. The van der Waals surface area contributed by atoms with Gasteiger partial charge in [0.15, 0.2) is 0 Å². The molecule has 0 aliphatic rings. The van der Waals surface area contributed by atoms with E-state index in [0.29, 0.717) is 12.3 Å². The third-order valence-corrected chi connectivity index (χ3v) is 2.00. The summed E-state index contributed by atoms with van der Waals surface area (Å²) in [5.74, 6) is 0. The average Bonchev–Trinajstić information content (AvgIpc) is 2.80. The van der Waals surface area contributed by atoms with Crippen molar-refractivity contribution in [2.24, 2.45) is 0 Å². The first-order chi connectivity index (χ1) is 7.81. The molecule has 0 spiro atoms. The van der Waals surface area contributed by atoms with Crippen molar-refractivity contribution in [3.8, 4) is 11.3 Å². The second-order valence-electron chi connectivity index (χ2n) is 3.09. The summed E-state index contributed by atoms with van der Waals surface area (Å²) in [6, 6.07) is 5.44. The van der Waals surface area contributed by atoms with Crippen molar-refractivity contribution in [3.05, 3.63) is 36.8 Å². The highest BCUT2D eigenvalue weighted by molar-refractivity contribution is 5.70. The first kappa shape index (κ1) is 10.4. The molecule has 0 amide bonds. The van der Waals surface area contributed by atoms with Gasteiger partial charge in [-0.2, -0.15) is 9.78 Å². The van der Waals surface area contributed by atoms with Crippen molar-refractivity contribution in [2.75, 3.05) is 6.61 Å². The van der Waals surface area contributed by atoms with E-state index in [9.17, 15) is 4.79 Å². The van der Waals surface area contributed by atoms with E-state index in [2.05, 4.69) is 10.1 Å². The zero-order chi connectivity index (χ0) is 11.4. The normalized spacial score (nSPS) is 10.1. The molecule has 2 aromatic heterocycles. The van der Waals surface area contributed by atoms with Gasteiger partial charge in [0, 0.05) is 24.2 Å². The van der Waals surface area contributed by atoms with E-state index in [4.69, 9.17) is 4.74 Å².